The van der Waals surface area contributed by atoms with Crippen molar-refractivity contribution in [2.45, 2.75) is 32.4 Å². The molecule has 0 aromatic carbocycles. The molecule has 0 spiro atoms. The van der Waals surface area contributed by atoms with E-state index >= 15 is 0 Å². The first-order valence-electron chi connectivity index (χ1n) is 6.10. The quantitative estimate of drug-likeness (QED) is 0.400. The van der Waals surface area contributed by atoms with Crippen molar-refractivity contribution in [1.82, 2.24) is 10.6 Å². The number of rotatable bonds is 8. The fourth-order valence-corrected chi connectivity index (χ4v) is 1.27. The summed E-state index contributed by atoms with van der Waals surface area (Å²) in [6, 6.07) is 0. The SMILES string of the molecule is C=CCC=CC(=O)NC(C)(C)NC(=O)C=CCC=C. The first-order valence-corrected chi connectivity index (χ1v) is 6.10. The lowest BCUT2D eigenvalue weighted by atomic mass is 10.2. The number of carbonyl (C=O) groups is 2. The number of carbonyl (C=O) groups excluding carboxylic acids is 2. The van der Waals surface area contributed by atoms with Crippen molar-refractivity contribution in [1.29, 1.82) is 0 Å². The number of allylic oxidation sites excluding steroid dienone is 4. The highest BCUT2D eigenvalue weighted by molar-refractivity contribution is 5.90. The Kier molecular flexibility index (Phi) is 7.93. The summed E-state index contributed by atoms with van der Waals surface area (Å²) in [5, 5.41) is 5.38. The molecule has 2 N–H and O–H groups in total. The molecule has 4 nitrogen and oxygen atoms in total. The zero-order valence-corrected chi connectivity index (χ0v) is 11.6. The summed E-state index contributed by atoms with van der Waals surface area (Å²) < 4.78 is 0. The highest BCUT2D eigenvalue weighted by Gasteiger charge is 2.20. The smallest absolute Gasteiger partial charge is 0.245 e. The van der Waals surface area contributed by atoms with Crippen molar-refractivity contribution in [3.05, 3.63) is 49.6 Å². The van der Waals surface area contributed by atoms with Crippen molar-refractivity contribution >= 4 is 11.8 Å². The molecular weight excluding hydrogens is 240 g/mol. The minimum absolute atomic E-state index is 0.262. The molecule has 0 radical (unpaired) electrons. The molecule has 0 fully saturated rings. The van der Waals surface area contributed by atoms with Crippen LogP contribution >= 0.6 is 0 Å². The Hall–Kier alpha value is -2.10. The van der Waals surface area contributed by atoms with Crippen LogP contribution in [0.2, 0.25) is 0 Å². The van der Waals surface area contributed by atoms with Crippen LogP contribution in [0.5, 0.6) is 0 Å². The second-order valence-corrected chi connectivity index (χ2v) is 4.46. The second-order valence-electron chi connectivity index (χ2n) is 4.46. The summed E-state index contributed by atoms with van der Waals surface area (Å²) in [6.07, 6.45) is 10.9. The maximum atomic E-state index is 11.6. The first kappa shape index (κ1) is 16.9. The minimum atomic E-state index is -0.814. The third-order valence-electron chi connectivity index (χ3n) is 2.02. The third-order valence-corrected chi connectivity index (χ3v) is 2.02. The molecule has 0 aromatic rings. The van der Waals surface area contributed by atoms with Gasteiger partial charge >= 0.3 is 0 Å². The van der Waals surface area contributed by atoms with E-state index in [2.05, 4.69) is 23.8 Å². The van der Waals surface area contributed by atoms with Gasteiger partial charge in [-0.1, -0.05) is 24.3 Å². The summed E-state index contributed by atoms with van der Waals surface area (Å²) in [7, 11) is 0. The molecule has 0 bridgehead atoms. The Balaban J connectivity index is 4.30. The van der Waals surface area contributed by atoms with E-state index in [1.54, 1.807) is 38.2 Å². The van der Waals surface area contributed by atoms with Crippen molar-refractivity contribution in [3.63, 3.8) is 0 Å². The molecule has 0 saturated carbocycles. The Morgan fingerprint density at radius 1 is 0.947 bits per heavy atom. The van der Waals surface area contributed by atoms with Gasteiger partial charge in [-0.2, -0.15) is 0 Å². The van der Waals surface area contributed by atoms with Crippen molar-refractivity contribution in [3.8, 4) is 0 Å². The molecule has 0 saturated heterocycles. The van der Waals surface area contributed by atoms with E-state index in [4.69, 9.17) is 0 Å². The lowest BCUT2D eigenvalue weighted by molar-refractivity contribution is -0.121. The van der Waals surface area contributed by atoms with Gasteiger partial charge in [0.1, 0.15) is 5.66 Å². The van der Waals surface area contributed by atoms with E-state index in [0.717, 1.165) is 0 Å². The predicted molar refractivity (Wildman–Crippen MR) is 78.3 cm³/mol. The molecule has 104 valence electrons. The zero-order valence-electron chi connectivity index (χ0n) is 11.6. The Morgan fingerprint density at radius 3 is 1.63 bits per heavy atom. The highest BCUT2D eigenvalue weighted by Crippen LogP contribution is 1.98. The Bertz CT molecular complexity index is 357. The zero-order chi connectivity index (χ0) is 14.7. The molecule has 0 aliphatic rings. The van der Waals surface area contributed by atoms with Crippen molar-refractivity contribution < 1.29 is 9.59 Å². The van der Waals surface area contributed by atoms with Gasteiger partial charge in [-0.3, -0.25) is 9.59 Å². The van der Waals surface area contributed by atoms with Crippen molar-refractivity contribution in [2.75, 3.05) is 0 Å². The van der Waals surface area contributed by atoms with Crippen LogP contribution in [0, 0.1) is 0 Å². The molecule has 0 heterocycles. The first-order chi connectivity index (χ1) is 8.91. The van der Waals surface area contributed by atoms with Gasteiger partial charge in [0, 0.05) is 0 Å². The standard InChI is InChI=1S/C15H22N2O2/c1-5-7-9-11-13(18)16-15(3,4)17-14(19)12-10-8-6-2/h5-6,9-12H,1-2,7-8H2,3-4H3,(H,16,18)(H,17,19). The van der Waals surface area contributed by atoms with E-state index in [-0.39, 0.29) is 11.8 Å². The van der Waals surface area contributed by atoms with E-state index in [1.165, 1.54) is 12.2 Å². The van der Waals surface area contributed by atoms with E-state index in [9.17, 15) is 9.59 Å². The molecule has 0 aliphatic heterocycles. The number of nitrogens with one attached hydrogen (secondary N) is 2. The lowest BCUT2D eigenvalue weighted by Crippen LogP contribution is -2.55. The molecule has 0 atom stereocenters. The van der Waals surface area contributed by atoms with Crippen LogP contribution in [0.4, 0.5) is 0 Å². The maximum absolute atomic E-state index is 11.6. The van der Waals surface area contributed by atoms with E-state index in [0.29, 0.717) is 12.8 Å². The lowest BCUT2D eigenvalue weighted by Gasteiger charge is -2.26. The molecule has 0 aliphatic carbocycles. The average molecular weight is 262 g/mol. The molecule has 4 heteroatoms. The largest absolute Gasteiger partial charge is 0.330 e. The minimum Gasteiger partial charge on any atom is -0.330 e. The van der Waals surface area contributed by atoms with Gasteiger partial charge < -0.3 is 10.6 Å². The van der Waals surface area contributed by atoms with E-state index < -0.39 is 5.66 Å². The molecule has 0 aromatic heterocycles. The Labute approximate surface area is 115 Å². The van der Waals surface area contributed by atoms with Gasteiger partial charge in [-0.25, -0.2) is 0 Å². The summed E-state index contributed by atoms with van der Waals surface area (Å²) in [5.41, 5.74) is -0.814. The normalized spacial score (nSPS) is 11.5. The molecule has 0 unspecified atom stereocenters. The van der Waals surface area contributed by atoms with Gasteiger partial charge in [0.25, 0.3) is 0 Å². The van der Waals surface area contributed by atoms with Crippen LogP contribution < -0.4 is 10.6 Å². The van der Waals surface area contributed by atoms with E-state index in [1.807, 2.05) is 0 Å². The highest BCUT2D eigenvalue weighted by atomic mass is 16.2. The number of amides is 2. The van der Waals surface area contributed by atoms with Crippen LogP contribution in [0.1, 0.15) is 26.7 Å². The monoisotopic (exact) mass is 262 g/mol. The molecular formula is C15H22N2O2. The van der Waals surface area contributed by atoms with Gasteiger partial charge in [0.05, 0.1) is 0 Å². The third kappa shape index (κ3) is 9.59. The van der Waals surface area contributed by atoms with Crippen LogP contribution in [0.25, 0.3) is 0 Å². The summed E-state index contributed by atoms with van der Waals surface area (Å²) >= 11 is 0. The number of hydrogen-bond acceptors (Lipinski definition) is 2. The fraction of sp³-hybridized carbons (Fsp3) is 0.333. The number of hydrogen-bond donors (Lipinski definition) is 2. The van der Waals surface area contributed by atoms with Crippen molar-refractivity contribution in [2.24, 2.45) is 0 Å². The average Bonchev–Trinajstić information content (AvgIpc) is 2.28. The molecule has 0 rings (SSSR count). The van der Waals surface area contributed by atoms with Crippen LogP contribution in [-0.2, 0) is 9.59 Å². The Morgan fingerprint density at radius 2 is 1.32 bits per heavy atom. The molecule has 2 amide bonds. The fourth-order valence-electron chi connectivity index (χ4n) is 1.27. The summed E-state index contributed by atoms with van der Waals surface area (Å²) in [4.78, 5) is 23.1. The van der Waals surface area contributed by atoms with Crippen LogP contribution in [-0.4, -0.2) is 17.5 Å². The molecule has 19 heavy (non-hydrogen) atoms. The summed E-state index contributed by atoms with van der Waals surface area (Å²) in [6.45, 7) is 10.5. The van der Waals surface area contributed by atoms with Crippen LogP contribution in [0.15, 0.2) is 49.6 Å². The second kappa shape index (κ2) is 8.91. The van der Waals surface area contributed by atoms with Crippen LogP contribution in [0.3, 0.4) is 0 Å². The topological polar surface area (TPSA) is 58.2 Å². The summed E-state index contributed by atoms with van der Waals surface area (Å²) in [5.74, 6) is -0.524. The van der Waals surface area contributed by atoms with Gasteiger partial charge in [-0.15, -0.1) is 13.2 Å². The maximum Gasteiger partial charge on any atom is 0.245 e. The van der Waals surface area contributed by atoms with Gasteiger partial charge in [0.2, 0.25) is 11.8 Å². The van der Waals surface area contributed by atoms with Gasteiger partial charge in [0.15, 0.2) is 0 Å². The van der Waals surface area contributed by atoms with Gasteiger partial charge in [-0.05, 0) is 38.8 Å². The predicted octanol–water partition coefficient (Wildman–Crippen LogP) is 2.22.